The second kappa shape index (κ2) is 11.9. The van der Waals surface area contributed by atoms with E-state index >= 15 is 0 Å². The lowest BCUT2D eigenvalue weighted by Gasteiger charge is -2.40. The second-order valence-corrected chi connectivity index (χ2v) is 9.43. The van der Waals surface area contributed by atoms with Crippen molar-refractivity contribution in [2.24, 2.45) is 0 Å². The monoisotopic (exact) mass is 489 g/mol. The van der Waals surface area contributed by atoms with Crippen LogP contribution in [0.1, 0.15) is 54.4 Å². The number of halogens is 3. The van der Waals surface area contributed by atoms with E-state index in [0.29, 0.717) is 17.9 Å². The molecule has 0 saturated carbocycles. The molecule has 2 heterocycles. The van der Waals surface area contributed by atoms with E-state index in [0.717, 1.165) is 44.2 Å². The molecule has 0 aliphatic carbocycles. The number of nitrogens with zero attached hydrogens (tertiary/aromatic N) is 2. The summed E-state index contributed by atoms with van der Waals surface area (Å²) >= 11 is 0. The van der Waals surface area contributed by atoms with Gasteiger partial charge in [-0.25, -0.2) is 0 Å². The fourth-order valence-corrected chi connectivity index (χ4v) is 4.97. The van der Waals surface area contributed by atoms with Gasteiger partial charge in [-0.05, 0) is 101 Å². The number of hydrogen-bond donors (Lipinski definition) is 1. The minimum Gasteiger partial charge on any atom is -0.457 e. The van der Waals surface area contributed by atoms with Crippen LogP contribution < -0.4 is 10.1 Å². The molecule has 0 unspecified atom stereocenters. The van der Waals surface area contributed by atoms with E-state index in [2.05, 4.69) is 15.1 Å². The van der Waals surface area contributed by atoms with Crippen molar-refractivity contribution in [2.45, 2.75) is 50.7 Å². The molecule has 4 rings (SSSR count). The first kappa shape index (κ1) is 25.5. The number of carbonyl (C=O) groups excluding carboxylic acids is 1. The Morgan fingerprint density at radius 3 is 2.34 bits per heavy atom. The predicted molar refractivity (Wildman–Crippen MR) is 130 cm³/mol. The van der Waals surface area contributed by atoms with Crippen LogP contribution in [0.2, 0.25) is 0 Å². The summed E-state index contributed by atoms with van der Waals surface area (Å²) in [5, 5.41) is 2.94. The number of nitrogens with one attached hydrogen (secondary N) is 1. The molecular weight excluding hydrogens is 455 g/mol. The third kappa shape index (κ3) is 7.45. The van der Waals surface area contributed by atoms with Gasteiger partial charge in [-0.1, -0.05) is 18.6 Å². The highest BCUT2D eigenvalue weighted by atomic mass is 19.4. The second-order valence-electron chi connectivity index (χ2n) is 9.43. The molecule has 1 amide bonds. The van der Waals surface area contributed by atoms with E-state index in [9.17, 15) is 18.0 Å². The van der Waals surface area contributed by atoms with Crippen LogP contribution in [0.3, 0.4) is 0 Å². The SMILES string of the molecule is O=C(NCCCN1CCC(N2CCCCC2)CC1)c1cccc(Oc2cccc(C(F)(F)F)c2)c1. The number of likely N-dealkylation sites (tertiary alicyclic amines) is 2. The van der Waals surface area contributed by atoms with E-state index < -0.39 is 11.7 Å². The van der Waals surface area contributed by atoms with Gasteiger partial charge in [0.15, 0.2) is 0 Å². The fraction of sp³-hybridized carbons (Fsp3) is 0.519. The molecule has 2 aliphatic heterocycles. The number of benzene rings is 2. The lowest BCUT2D eigenvalue weighted by molar-refractivity contribution is -0.137. The number of ether oxygens (including phenoxy) is 1. The minimum absolute atomic E-state index is 0.0708. The van der Waals surface area contributed by atoms with Crippen LogP contribution in [0.5, 0.6) is 11.5 Å². The van der Waals surface area contributed by atoms with Gasteiger partial charge >= 0.3 is 6.18 Å². The molecule has 2 saturated heterocycles. The number of amides is 1. The smallest absolute Gasteiger partial charge is 0.416 e. The van der Waals surface area contributed by atoms with Crippen molar-refractivity contribution >= 4 is 5.91 Å². The van der Waals surface area contributed by atoms with Gasteiger partial charge in [0.25, 0.3) is 5.91 Å². The summed E-state index contributed by atoms with van der Waals surface area (Å²) in [6.45, 7) is 6.27. The zero-order chi connectivity index (χ0) is 24.7. The summed E-state index contributed by atoms with van der Waals surface area (Å²) in [5.41, 5.74) is -0.364. The van der Waals surface area contributed by atoms with Gasteiger partial charge in [0.2, 0.25) is 0 Å². The Bertz CT molecular complexity index is 968. The molecule has 8 heteroatoms. The number of alkyl halides is 3. The number of piperidine rings is 2. The first-order valence-electron chi connectivity index (χ1n) is 12.6. The molecule has 1 N–H and O–H groups in total. The average Bonchev–Trinajstić information content (AvgIpc) is 2.87. The number of carbonyl (C=O) groups is 1. The third-order valence-corrected chi connectivity index (χ3v) is 6.89. The topological polar surface area (TPSA) is 44.8 Å². The summed E-state index contributed by atoms with van der Waals surface area (Å²) in [5.74, 6) is 0.165. The van der Waals surface area contributed by atoms with E-state index in [1.807, 2.05) is 0 Å². The highest BCUT2D eigenvalue weighted by Gasteiger charge is 2.30. The lowest BCUT2D eigenvalue weighted by atomic mass is 10.00. The maximum Gasteiger partial charge on any atom is 0.416 e. The van der Waals surface area contributed by atoms with Crippen LogP contribution in [-0.2, 0) is 6.18 Å². The van der Waals surface area contributed by atoms with Gasteiger partial charge < -0.3 is 19.9 Å². The maximum atomic E-state index is 12.9. The Labute approximate surface area is 205 Å². The van der Waals surface area contributed by atoms with Crippen molar-refractivity contribution in [3.05, 3.63) is 59.7 Å². The van der Waals surface area contributed by atoms with Crippen molar-refractivity contribution in [3.63, 3.8) is 0 Å². The summed E-state index contributed by atoms with van der Waals surface area (Å²) in [6.07, 6.45) is 2.93. The van der Waals surface area contributed by atoms with Gasteiger partial charge in [-0.3, -0.25) is 4.79 Å². The van der Waals surface area contributed by atoms with E-state index in [-0.39, 0.29) is 11.7 Å². The Kier molecular flexibility index (Phi) is 8.68. The molecule has 2 fully saturated rings. The van der Waals surface area contributed by atoms with E-state index in [1.54, 1.807) is 24.3 Å². The maximum absolute atomic E-state index is 12.9. The summed E-state index contributed by atoms with van der Waals surface area (Å²) in [4.78, 5) is 17.7. The first-order valence-corrected chi connectivity index (χ1v) is 12.6. The highest BCUT2D eigenvalue weighted by molar-refractivity contribution is 5.94. The van der Waals surface area contributed by atoms with Crippen molar-refractivity contribution < 1.29 is 22.7 Å². The molecule has 2 aromatic rings. The molecule has 0 radical (unpaired) electrons. The van der Waals surface area contributed by atoms with Gasteiger partial charge in [0.1, 0.15) is 11.5 Å². The predicted octanol–water partition coefficient (Wildman–Crippen LogP) is 5.57. The van der Waals surface area contributed by atoms with Crippen LogP contribution in [0.25, 0.3) is 0 Å². The van der Waals surface area contributed by atoms with Gasteiger partial charge in [0, 0.05) is 18.2 Å². The van der Waals surface area contributed by atoms with Crippen molar-refractivity contribution in [1.29, 1.82) is 0 Å². The molecule has 190 valence electrons. The zero-order valence-electron chi connectivity index (χ0n) is 20.0. The largest absolute Gasteiger partial charge is 0.457 e. The van der Waals surface area contributed by atoms with Crippen LogP contribution in [0.15, 0.2) is 48.5 Å². The molecule has 0 bridgehead atoms. The highest BCUT2D eigenvalue weighted by Crippen LogP contribution is 2.32. The minimum atomic E-state index is -4.44. The first-order chi connectivity index (χ1) is 16.9. The van der Waals surface area contributed by atoms with Crippen molar-refractivity contribution in [2.75, 3.05) is 39.3 Å². The molecule has 35 heavy (non-hydrogen) atoms. The van der Waals surface area contributed by atoms with Crippen LogP contribution in [-0.4, -0.2) is 61.0 Å². The Balaban J connectivity index is 1.19. The van der Waals surface area contributed by atoms with Gasteiger partial charge in [-0.2, -0.15) is 13.2 Å². The molecule has 2 aromatic carbocycles. The van der Waals surface area contributed by atoms with Crippen LogP contribution in [0.4, 0.5) is 13.2 Å². The third-order valence-electron chi connectivity index (χ3n) is 6.89. The average molecular weight is 490 g/mol. The Morgan fingerprint density at radius 1 is 0.943 bits per heavy atom. The Morgan fingerprint density at radius 2 is 1.63 bits per heavy atom. The Hall–Kier alpha value is -2.58. The van der Waals surface area contributed by atoms with E-state index in [1.165, 1.54) is 57.3 Å². The molecule has 5 nitrogen and oxygen atoms in total. The summed E-state index contributed by atoms with van der Waals surface area (Å²) < 4.78 is 44.3. The van der Waals surface area contributed by atoms with E-state index in [4.69, 9.17) is 4.74 Å². The van der Waals surface area contributed by atoms with Crippen LogP contribution in [0, 0.1) is 0 Å². The molecular formula is C27H34F3N3O2. The normalized spacial score (nSPS) is 18.4. The lowest BCUT2D eigenvalue weighted by Crippen LogP contribution is -2.47. The molecule has 2 aliphatic rings. The zero-order valence-corrected chi connectivity index (χ0v) is 20.0. The molecule has 0 aromatic heterocycles. The van der Waals surface area contributed by atoms with Gasteiger partial charge in [-0.15, -0.1) is 0 Å². The van der Waals surface area contributed by atoms with Crippen molar-refractivity contribution in [3.8, 4) is 11.5 Å². The molecule has 0 spiro atoms. The number of hydrogen-bond acceptors (Lipinski definition) is 4. The quantitative estimate of drug-likeness (QED) is 0.493. The van der Waals surface area contributed by atoms with Crippen molar-refractivity contribution in [1.82, 2.24) is 15.1 Å². The molecule has 0 atom stereocenters. The standard InChI is InChI=1S/C27H34F3N3O2/c28-27(29,30)22-8-5-10-25(20-22)35-24-9-4-7-21(19-24)26(34)31-13-6-14-32-17-11-23(12-18-32)33-15-2-1-3-16-33/h4-5,7-10,19-20,23H,1-3,6,11-18H2,(H,31,34). The number of rotatable bonds is 8. The van der Waals surface area contributed by atoms with Gasteiger partial charge in [0.05, 0.1) is 5.56 Å². The summed E-state index contributed by atoms with van der Waals surface area (Å²) in [7, 11) is 0. The van der Waals surface area contributed by atoms with Crippen LogP contribution >= 0.6 is 0 Å². The fourth-order valence-electron chi connectivity index (χ4n) is 4.97. The summed E-state index contributed by atoms with van der Waals surface area (Å²) in [6, 6.07) is 11.9.